The van der Waals surface area contributed by atoms with E-state index in [-0.39, 0.29) is 5.69 Å². The number of aromatic nitrogens is 1. The Balaban J connectivity index is 2.00. The van der Waals surface area contributed by atoms with Gasteiger partial charge in [0.1, 0.15) is 5.69 Å². The Kier molecular flexibility index (Phi) is 5.34. The summed E-state index contributed by atoms with van der Waals surface area (Å²) >= 11 is 11.9. The fourth-order valence-electron chi connectivity index (χ4n) is 2.47. The lowest BCUT2D eigenvalue weighted by Crippen LogP contribution is -2.38. The molecule has 7 nitrogen and oxygen atoms in total. The molecule has 9 heteroatoms. The van der Waals surface area contributed by atoms with Gasteiger partial charge in [0, 0.05) is 28.2 Å². The highest BCUT2D eigenvalue weighted by atomic mass is 35.5. The van der Waals surface area contributed by atoms with E-state index < -0.39 is 17.7 Å². The van der Waals surface area contributed by atoms with E-state index in [1.807, 2.05) is 0 Å². The SMILES string of the molecule is CNC(=O)C(=O)Nn1c(C(=O)Nc2ccc(Cl)cc2)cc2cc(Cl)ccc21. The largest absolute Gasteiger partial charge is 0.351 e. The topological polar surface area (TPSA) is 92.2 Å². The van der Waals surface area contributed by atoms with Gasteiger partial charge < -0.3 is 10.6 Å². The first-order chi connectivity index (χ1) is 12.9. The predicted octanol–water partition coefficient (Wildman–Crippen LogP) is 3.02. The molecule has 0 fully saturated rings. The van der Waals surface area contributed by atoms with Crippen molar-refractivity contribution in [2.45, 2.75) is 0 Å². The standard InChI is InChI=1S/C18H14Cl2N4O3/c1-21-17(26)18(27)23-24-14-7-4-12(20)8-10(14)9-15(24)16(25)22-13-5-2-11(19)3-6-13/h2-9H,1H3,(H,21,26)(H,22,25)(H,23,27). The second-order valence-corrected chi connectivity index (χ2v) is 6.42. The van der Waals surface area contributed by atoms with Gasteiger partial charge in [0.2, 0.25) is 0 Å². The van der Waals surface area contributed by atoms with Crippen LogP contribution in [0.3, 0.4) is 0 Å². The zero-order chi connectivity index (χ0) is 19.6. The van der Waals surface area contributed by atoms with E-state index >= 15 is 0 Å². The molecule has 0 radical (unpaired) electrons. The van der Waals surface area contributed by atoms with Crippen molar-refractivity contribution in [1.29, 1.82) is 0 Å². The Bertz CT molecular complexity index is 1040. The highest BCUT2D eigenvalue weighted by molar-refractivity contribution is 6.38. The summed E-state index contributed by atoms with van der Waals surface area (Å²) in [4.78, 5) is 36.3. The van der Waals surface area contributed by atoms with Crippen molar-refractivity contribution >= 4 is 57.5 Å². The average Bonchev–Trinajstić information content (AvgIpc) is 3.00. The number of anilines is 1. The van der Waals surface area contributed by atoms with E-state index in [2.05, 4.69) is 16.1 Å². The quantitative estimate of drug-likeness (QED) is 0.585. The van der Waals surface area contributed by atoms with E-state index in [0.29, 0.717) is 26.6 Å². The van der Waals surface area contributed by atoms with Gasteiger partial charge >= 0.3 is 11.8 Å². The van der Waals surface area contributed by atoms with Crippen LogP contribution in [-0.4, -0.2) is 29.4 Å². The first-order valence-corrected chi connectivity index (χ1v) is 8.55. The van der Waals surface area contributed by atoms with Crippen LogP contribution in [0.25, 0.3) is 10.9 Å². The van der Waals surface area contributed by atoms with Gasteiger partial charge in [-0.1, -0.05) is 23.2 Å². The Morgan fingerprint density at radius 1 is 0.889 bits per heavy atom. The Hall–Kier alpha value is -3.03. The van der Waals surface area contributed by atoms with Crippen molar-refractivity contribution in [2.75, 3.05) is 17.8 Å². The third-order valence-electron chi connectivity index (χ3n) is 3.74. The molecular weight excluding hydrogens is 391 g/mol. The molecule has 3 amide bonds. The van der Waals surface area contributed by atoms with Crippen LogP contribution in [0.5, 0.6) is 0 Å². The lowest BCUT2D eigenvalue weighted by molar-refractivity contribution is -0.136. The smallest absolute Gasteiger partial charge is 0.328 e. The summed E-state index contributed by atoms with van der Waals surface area (Å²) in [5.74, 6) is -2.23. The maximum absolute atomic E-state index is 12.7. The van der Waals surface area contributed by atoms with Gasteiger partial charge in [-0.05, 0) is 48.5 Å². The molecule has 3 aromatic rings. The monoisotopic (exact) mass is 404 g/mol. The average molecular weight is 405 g/mol. The van der Waals surface area contributed by atoms with Gasteiger partial charge in [-0.15, -0.1) is 0 Å². The molecule has 1 aromatic heterocycles. The first-order valence-electron chi connectivity index (χ1n) is 7.80. The van der Waals surface area contributed by atoms with Crippen molar-refractivity contribution < 1.29 is 14.4 Å². The maximum Gasteiger partial charge on any atom is 0.328 e. The van der Waals surface area contributed by atoms with Crippen LogP contribution < -0.4 is 16.1 Å². The summed E-state index contributed by atoms with van der Waals surface area (Å²) in [5, 5.41) is 6.58. The lowest BCUT2D eigenvalue weighted by atomic mass is 10.2. The molecule has 0 spiro atoms. The second kappa shape index (κ2) is 7.69. The van der Waals surface area contributed by atoms with Crippen LogP contribution >= 0.6 is 23.2 Å². The molecule has 3 N–H and O–H groups in total. The van der Waals surface area contributed by atoms with E-state index in [1.165, 1.54) is 11.7 Å². The molecule has 3 rings (SSSR count). The van der Waals surface area contributed by atoms with Crippen LogP contribution in [0.1, 0.15) is 10.5 Å². The van der Waals surface area contributed by atoms with Gasteiger partial charge in [0.15, 0.2) is 0 Å². The van der Waals surface area contributed by atoms with E-state index in [9.17, 15) is 14.4 Å². The summed E-state index contributed by atoms with van der Waals surface area (Å²) in [6.45, 7) is 0. The van der Waals surface area contributed by atoms with Crippen LogP contribution in [0, 0.1) is 0 Å². The van der Waals surface area contributed by atoms with E-state index in [1.54, 1.807) is 48.5 Å². The lowest BCUT2D eigenvalue weighted by Gasteiger charge is -2.12. The van der Waals surface area contributed by atoms with Crippen molar-refractivity contribution in [3.63, 3.8) is 0 Å². The van der Waals surface area contributed by atoms with Crippen molar-refractivity contribution in [3.05, 3.63) is 64.3 Å². The number of nitrogens with zero attached hydrogens (tertiary/aromatic N) is 1. The summed E-state index contributed by atoms with van der Waals surface area (Å²) in [6, 6.07) is 13.0. The van der Waals surface area contributed by atoms with Gasteiger partial charge in [-0.3, -0.25) is 19.8 Å². The number of likely N-dealkylation sites (N-methyl/N-ethyl adjacent to an activating group) is 1. The zero-order valence-corrected chi connectivity index (χ0v) is 15.6. The van der Waals surface area contributed by atoms with Gasteiger partial charge in [0.05, 0.1) is 5.52 Å². The maximum atomic E-state index is 12.7. The number of hydrogen-bond donors (Lipinski definition) is 3. The number of nitrogens with one attached hydrogen (secondary N) is 3. The molecule has 0 unspecified atom stereocenters. The third kappa shape index (κ3) is 4.05. The molecule has 0 aliphatic heterocycles. The molecule has 0 atom stereocenters. The number of halogens is 2. The third-order valence-corrected chi connectivity index (χ3v) is 4.23. The van der Waals surface area contributed by atoms with E-state index in [4.69, 9.17) is 23.2 Å². The molecule has 1 heterocycles. The Morgan fingerprint density at radius 3 is 2.22 bits per heavy atom. The highest BCUT2D eigenvalue weighted by Gasteiger charge is 2.20. The minimum Gasteiger partial charge on any atom is -0.351 e. The second-order valence-electron chi connectivity index (χ2n) is 5.55. The van der Waals surface area contributed by atoms with Crippen molar-refractivity contribution in [2.24, 2.45) is 0 Å². The van der Waals surface area contributed by atoms with Crippen molar-refractivity contribution in [3.8, 4) is 0 Å². The van der Waals surface area contributed by atoms with Gasteiger partial charge in [0.25, 0.3) is 5.91 Å². The molecule has 0 saturated heterocycles. The molecule has 27 heavy (non-hydrogen) atoms. The van der Waals surface area contributed by atoms with Gasteiger partial charge in [-0.25, -0.2) is 4.68 Å². The fraction of sp³-hybridized carbons (Fsp3) is 0.0556. The predicted molar refractivity (Wildman–Crippen MR) is 105 cm³/mol. The van der Waals surface area contributed by atoms with Crippen LogP contribution in [0.15, 0.2) is 48.5 Å². The number of amides is 3. The molecule has 138 valence electrons. The summed E-state index contributed by atoms with van der Waals surface area (Å²) < 4.78 is 1.24. The first kappa shape index (κ1) is 18.8. The summed E-state index contributed by atoms with van der Waals surface area (Å²) in [5.41, 5.74) is 3.58. The van der Waals surface area contributed by atoms with E-state index in [0.717, 1.165) is 0 Å². The van der Waals surface area contributed by atoms with Crippen LogP contribution in [0.2, 0.25) is 10.0 Å². The number of benzene rings is 2. The Labute approximate surface area is 164 Å². The van der Waals surface area contributed by atoms with Crippen molar-refractivity contribution in [1.82, 2.24) is 9.99 Å². The normalized spacial score (nSPS) is 10.5. The highest BCUT2D eigenvalue weighted by Crippen LogP contribution is 2.24. The summed E-state index contributed by atoms with van der Waals surface area (Å²) in [7, 11) is 1.34. The Morgan fingerprint density at radius 2 is 1.56 bits per heavy atom. The summed E-state index contributed by atoms with van der Waals surface area (Å²) in [6.07, 6.45) is 0. The number of fused-ring (bicyclic) bond motifs is 1. The number of carbonyl (C=O) groups is 3. The minimum absolute atomic E-state index is 0.125. The molecule has 0 bridgehead atoms. The van der Waals surface area contributed by atoms with Gasteiger partial charge in [-0.2, -0.15) is 0 Å². The van der Waals surface area contributed by atoms with Crippen LogP contribution in [0.4, 0.5) is 5.69 Å². The molecule has 0 aliphatic rings. The minimum atomic E-state index is -0.912. The molecular formula is C18H14Cl2N4O3. The number of rotatable bonds is 3. The zero-order valence-electron chi connectivity index (χ0n) is 14.0. The molecule has 2 aromatic carbocycles. The fourth-order valence-corrected chi connectivity index (χ4v) is 2.77. The molecule has 0 aliphatic carbocycles. The number of hydrogen-bond acceptors (Lipinski definition) is 3. The molecule has 0 saturated carbocycles. The van der Waals surface area contributed by atoms with Crippen LogP contribution in [-0.2, 0) is 9.59 Å². The number of carbonyl (C=O) groups excluding carboxylic acids is 3.